The summed E-state index contributed by atoms with van der Waals surface area (Å²) in [7, 11) is -1.84. The summed E-state index contributed by atoms with van der Waals surface area (Å²) in [6, 6.07) is 0. The molecule has 1 rings (SSSR count). The lowest BCUT2D eigenvalue weighted by Gasteiger charge is -2.43. The van der Waals surface area contributed by atoms with E-state index < -0.39 is 14.3 Å². The first kappa shape index (κ1) is 17.7. The molecule has 118 valence electrons. The van der Waals surface area contributed by atoms with Crippen molar-refractivity contribution in [3.8, 4) is 0 Å². The van der Waals surface area contributed by atoms with Gasteiger partial charge in [0.2, 0.25) is 0 Å². The van der Waals surface area contributed by atoms with E-state index in [1.54, 1.807) is 6.92 Å². The highest BCUT2D eigenvalue weighted by atomic mass is 28.4. The summed E-state index contributed by atoms with van der Waals surface area (Å²) in [5.41, 5.74) is 0. The van der Waals surface area contributed by atoms with Gasteiger partial charge < -0.3 is 14.3 Å². The van der Waals surface area contributed by atoms with Crippen LogP contribution in [0.15, 0.2) is 0 Å². The second-order valence-corrected chi connectivity index (χ2v) is 12.2. The van der Waals surface area contributed by atoms with Crippen molar-refractivity contribution in [2.24, 2.45) is 5.92 Å². The molecular weight excluding hydrogens is 272 g/mol. The molecule has 0 aromatic heterocycles. The molecule has 1 aliphatic rings. The molecule has 1 aliphatic heterocycles. The molecule has 0 aromatic rings. The Hall–Kier alpha value is -0.393. The third-order valence-electron chi connectivity index (χ3n) is 4.64. The molecule has 0 radical (unpaired) electrons. The highest BCUT2D eigenvalue weighted by Crippen LogP contribution is 2.39. The summed E-state index contributed by atoms with van der Waals surface area (Å²) in [5.74, 6) is -1.14. The zero-order valence-corrected chi connectivity index (χ0v) is 14.7. The molecule has 1 heterocycles. The molecule has 0 spiro atoms. The summed E-state index contributed by atoms with van der Waals surface area (Å²) < 4.78 is 12.3. The van der Waals surface area contributed by atoms with E-state index in [0.29, 0.717) is 13.0 Å². The Bertz CT molecular complexity index is 335. The van der Waals surface area contributed by atoms with Crippen LogP contribution < -0.4 is 0 Å². The Morgan fingerprint density at radius 3 is 2.55 bits per heavy atom. The lowest BCUT2D eigenvalue weighted by Crippen LogP contribution is -2.49. The number of carbonyl (C=O) groups is 1. The molecule has 0 bridgehead atoms. The molecule has 0 aromatic carbocycles. The van der Waals surface area contributed by atoms with Crippen molar-refractivity contribution in [3.63, 3.8) is 0 Å². The number of hydrogen-bond donors (Lipinski definition) is 1. The highest BCUT2D eigenvalue weighted by Gasteiger charge is 2.42. The molecule has 0 aliphatic carbocycles. The van der Waals surface area contributed by atoms with Gasteiger partial charge in [-0.15, -0.1) is 0 Å². The molecule has 5 heteroatoms. The first-order chi connectivity index (χ1) is 9.04. The Morgan fingerprint density at radius 1 is 1.45 bits per heavy atom. The van der Waals surface area contributed by atoms with Gasteiger partial charge in [-0.05, 0) is 37.4 Å². The maximum atomic E-state index is 11.0. The molecule has 0 unspecified atom stereocenters. The van der Waals surface area contributed by atoms with Crippen LogP contribution in [-0.2, 0) is 14.0 Å². The quantitative estimate of drug-likeness (QED) is 0.787. The summed E-state index contributed by atoms with van der Waals surface area (Å²) in [5, 5.41) is 9.23. The maximum Gasteiger partial charge on any atom is 0.306 e. The van der Waals surface area contributed by atoms with Gasteiger partial charge in [-0.2, -0.15) is 0 Å². The third kappa shape index (κ3) is 4.57. The Kier molecular flexibility index (Phi) is 5.81. The van der Waals surface area contributed by atoms with Crippen molar-refractivity contribution in [1.29, 1.82) is 0 Å². The van der Waals surface area contributed by atoms with Crippen molar-refractivity contribution in [2.75, 3.05) is 6.61 Å². The van der Waals surface area contributed by atoms with Crippen molar-refractivity contribution in [2.45, 2.75) is 77.3 Å². The number of carboxylic acids is 1. The van der Waals surface area contributed by atoms with E-state index in [2.05, 4.69) is 33.9 Å². The van der Waals surface area contributed by atoms with E-state index in [1.807, 2.05) is 0 Å². The SMILES string of the molecule is C[C@H](C[C@@H]1OCCC[C@H]1O[Si](C)(C)C(C)(C)C)C(=O)O. The van der Waals surface area contributed by atoms with Crippen LogP contribution in [0.5, 0.6) is 0 Å². The Labute approximate surface area is 124 Å². The second kappa shape index (κ2) is 6.58. The van der Waals surface area contributed by atoms with E-state index in [9.17, 15) is 4.79 Å². The van der Waals surface area contributed by atoms with Crippen molar-refractivity contribution in [1.82, 2.24) is 0 Å². The fourth-order valence-corrected chi connectivity index (χ4v) is 3.55. The zero-order valence-electron chi connectivity index (χ0n) is 13.7. The van der Waals surface area contributed by atoms with Gasteiger partial charge in [0, 0.05) is 6.61 Å². The van der Waals surface area contributed by atoms with Gasteiger partial charge in [0.05, 0.1) is 18.1 Å². The van der Waals surface area contributed by atoms with Crippen molar-refractivity contribution < 1.29 is 19.1 Å². The average Bonchev–Trinajstić information content (AvgIpc) is 2.29. The van der Waals surface area contributed by atoms with Crippen LogP contribution >= 0.6 is 0 Å². The summed E-state index contributed by atoms with van der Waals surface area (Å²) in [4.78, 5) is 11.0. The molecule has 1 saturated heterocycles. The van der Waals surface area contributed by atoms with Crippen LogP contribution in [-0.4, -0.2) is 38.2 Å². The molecule has 0 saturated carbocycles. The monoisotopic (exact) mass is 302 g/mol. The number of aliphatic carboxylic acids is 1. The number of ether oxygens (including phenoxy) is 1. The van der Waals surface area contributed by atoms with E-state index >= 15 is 0 Å². The summed E-state index contributed by atoms with van der Waals surface area (Å²) in [6.45, 7) is 13.6. The standard InChI is InChI=1S/C15H30O4Si/c1-11(14(16)17)10-13-12(8-7-9-18-13)19-20(5,6)15(2,3)4/h11-13H,7-10H2,1-6H3,(H,16,17)/t11-,12-,13+/m1/s1. The van der Waals surface area contributed by atoms with Crippen LogP contribution in [0.1, 0.15) is 47.0 Å². The van der Waals surface area contributed by atoms with Crippen molar-refractivity contribution in [3.05, 3.63) is 0 Å². The topological polar surface area (TPSA) is 55.8 Å². The number of hydrogen-bond acceptors (Lipinski definition) is 3. The molecule has 1 fully saturated rings. The van der Waals surface area contributed by atoms with Gasteiger partial charge >= 0.3 is 5.97 Å². The Balaban J connectivity index is 2.72. The van der Waals surface area contributed by atoms with Crippen molar-refractivity contribution >= 4 is 14.3 Å². The van der Waals surface area contributed by atoms with Gasteiger partial charge in [-0.25, -0.2) is 0 Å². The molecule has 0 amide bonds. The fraction of sp³-hybridized carbons (Fsp3) is 0.933. The van der Waals surface area contributed by atoms with Crippen LogP contribution in [0.25, 0.3) is 0 Å². The average molecular weight is 302 g/mol. The van der Waals surface area contributed by atoms with Gasteiger partial charge in [0.1, 0.15) is 0 Å². The zero-order chi connectivity index (χ0) is 15.6. The van der Waals surface area contributed by atoms with Gasteiger partial charge in [-0.1, -0.05) is 27.7 Å². The normalized spacial score (nSPS) is 26.3. The number of rotatable bonds is 5. The molecule has 20 heavy (non-hydrogen) atoms. The minimum Gasteiger partial charge on any atom is -0.481 e. The minimum absolute atomic E-state index is 0.0476. The molecular formula is C15H30O4Si. The van der Waals surface area contributed by atoms with E-state index in [1.165, 1.54) is 0 Å². The van der Waals surface area contributed by atoms with E-state index in [-0.39, 0.29) is 23.2 Å². The predicted molar refractivity (Wildman–Crippen MR) is 82.5 cm³/mol. The highest BCUT2D eigenvalue weighted by molar-refractivity contribution is 6.74. The fourth-order valence-electron chi connectivity index (χ4n) is 2.17. The molecule has 3 atom stereocenters. The Morgan fingerprint density at radius 2 is 2.05 bits per heavy atom. The first-order valence-corrected chi connectivity index (χ1v) is 10.5. The predicted octanol–water partition coefficient (Wildman–Crippen LogP) is 3.67. The number of carboxylic acid groups (broad SMARTS) is 1. The van der Waals surface area contributed by atoms with Gasteiger partial charge in [-0.3, -0.25) is 4.79 Å². The van der Waals surface area contributed by atoms with Gasteiger partial charge in [0.15, 0.2) is 8.32 Å². The molecule has 1 N–H and O–H groups in total. The largest absolute Gasteiger partial charge is 0.481 e. The second-order valence-electron chi connectivity index (χ2n) is 7.44. The van der Waals surface area contributed by atoms with Crippen LogP contribution in [0.4, 0.5) is 0 Å². The first-order valence-electron chi connectivity index (χ1n) is 7.57. The molecule has 4 nitrogen and oxygen atoms in total. The van der Waals surface area contributed by atoms with Crippen LogP contribution in [0.3, 0.4) is 0 Å². The lowest BCUT2D eigenvalue weighted by molar-refractivity contribution is -0.144. The third-order valence-corrected chi connectivity index (χ3v) is 9.14. The summed E-state index contributed by atoms with van der Waals surface area (Å²) in [6.07, 6.45) is 2.48. The lowest BCUT2D eigenvalue weighted by atomic mass is 9.96. The summed E-state index contributed by atoms with van der Waals surface area (Å²) >= 11 is 0. The minimum atomic E-state index is -1.84. The maximum absolute atomic E-state index is 11.0. The van der Waals surface area contributed by atoms with Crippen LogP contribution in [0, 0.1) is 5.92 Å². The smallest absolute Gasteiger partial charge is 0.306 e. The van der Waals surface area contributed by atoms with E-state index in [0.717, 1.165) is 12.8 Å². The van der Waals surface area contributed by atoms with Crippen LogP contribution in [0.2, 0.25) is 18.1 Å². The van der Waals surface area contributed by atoms with E-state index in [4.69, 9.17) is 14.3 Å². The van der Waals surface area contributed by atoms with Gasteiger partial charge in [0.25, 0.3) is 0 Å².